The molecule has 4 nitrogen and oxygen atoms in total. The molecule has 0 spiro atoms. The molecule has 0 amide bonds. The number of hydrogen-bond acceptors (Lipinski definition) is 3. The van der Waals surface area contributed by atoms with Gasteiger partial charge in [0.1, 0.15) is 6.61 Å². The van der Waals surface area contributed by atoms with Gasteiger partial charge < -0.3 is 4.74 Å². The van der Waals surface area contributed by atoms with Crippen LogP contribution in [-0.2, 0) is 6.61 Å². The number of terminal acetylenes is 1. The van der Waals surface area contributed by atoms with Crippen LogP contribution in [0.25, 0.3) is 0 Å². The third-order valence-corrected chi connectivity index (χ3v) is 2.56. The zero-order chi connectivity index (χ0) is 13.7. The third-order valence-electron chi connectivity index (χ3n) is 2.56. The summed E-state index contributed by atoms with van der Waals surface area (Å²) in [7, 11) is 0. The van der Waals surface area contributed by atoms with Gasteiger partial charge in [-0.15, -0.1) is 6.42 Å². The van der Waals surface area contributed by atoms with E-state index >= 15 is 0 Å². The number of nitro benzene ring substituents is 1. The fraction of sp³-hybridized carbons (Fsp3) is 0.0667. The Balaban J connectivity index is 2.23. The topological polar surface area (TPSA) is 52.4 Å². The molecule has 19 heavy (non-hydrogen) atoms. The van der Waals surface area contributed by atoms with Crippen molar-refractivity contribution in [2.75, 3.05) is 0 Å². The second-order valence-corrected chi connectivity index (χ2v) is 3.86. The highest BCUT2D eigenvalue weighted by molar-refractivity contribution is 5.52. The van der Waals surface area contributed by atoms with Crippen molar-refractivity contribution in [3.05, 3.63) is 69.8 Å². The predicted octanol–water partition coefficient (Wildman–Crippen LogP) is 3.16. The normalized spacial score (nSPS) is 9.63. The second-order valence-electron chi connectivity index (χ2n) is 3.86. The van der Waals surface area contributed by atoms with Crippen molar-refractivity contribution in [2.45, 2.75) is 6.61 Å². The minimum atomic E-state index is -0.485. The minimum absolute atomic E-state index is 0.0880. The SMILES string of the molecule is C#Cc1ccc([N+](=O)[O-])c(OCc2ccccc2)c1. The van der Waals surface area contributed by atoms with E-state index in [9.17, 15) is 10.1 Å². The van der Waals surface area contributed by atoms with E-state index in [2.05, 4.69) is 5.92 Å². The molecule has 2 rings (SSSR count). The zero-order valence-electron chi connectivity index (χ0n) is 10.1. The molecule has 0 aliphatic heterocycles. The maximum absolute atomic E-state index is 10.9. The van der Waals surface area contributed by atoms with Crippen LogP contribution in [0, 0.1) is 22.5 Å². The first kappa shape index (κ1) is 12.7. The van der Waals surface area contributed by atoms with Gasteiger partial charge in [-0.05, 0) is 11.6 Å². The van der Waals surface area contributed by atoms with E-state index in [-0.39, 0.29) is 18.0 Å². The van der Waals surface area contributed by atoms with Gasteiger partial charge in [-0.25, -0.2) is 0 Å². The molecule has 0 saturated carbocycles. The van der Waals surface area contributed by atoms with Crippen molar-refractivity contribution in [2.24, 2.45) is 0 Å². The van der Waals surface area contributed by atoms with Crippen LogP contribution in [0.3, 0.4) is 0 Å². The molecule has 0 unspecified atom stereocenters. The van der Waals surface area contributed by atoms with E-state index in [0.717, 1.165) is 5.56 Å². The molecule has 0 N–H and O–H groups in total. The summed E-state index contributed by atoms with van der Waals surface area (Å²) in [4.78, 5) is 10.4. The van der Waals surface area contributed by atoms with Gasteiger partial charge in [-0.1, -0.05) is 36.3 Å². The van der Waals surface area contributed by atoms with E-state index in [1.807, 2.05) is 30.3 Å². The summed E-state index contributed by atoms with van der Waals surface area (Å²) in [6, 6.07) is 13.8. The van der Waals surface area contributed by atoms with Crippen LogP contribution in [0.4, 0.5) is 5.69 Å². The molecule has 0 heterocycles. The first-order valence-electron chi connectivity index (χ1n) is 5.62. The molecule has 0 fully saturated rings. The number of ether oxygens (including phenoxy) is 1. The van der Waals surface area contributed by atoms with Gasteiger partial charge in [0.15, 0.2) is 5.75 Å². The Hall–Kier alpha value is -2.80. The Bertz CT molecular complexity index is 630. The van der Waals surface area contributed by atoms with Gasteiger partial charge in [0.2, 0.25) is 0 Å². The first-order chi connectivity index (χ1) is 9.20. The fourth-order valence-corrected chi connectivity index (χ4v) is 1.61. The standard InChI is InChI=1S/C15H11NO3/c1-2-12-8-9-14(16(17)18)15(10-12)19-11-13-6-4-3-5-7-13/h1,3-10H,11H2. The maximum Gasteiger partial charge on any atom is 0.311 e. The lowest BCUT2D eigenvalue weighted by Gasteiger charge is -2.07. The Labute approximate surface area is 110 Å². The molecular weight excluding hydrogens is 242 g/mol. The number of benzene rings is 2. The van der Waals surface area contributed by atoms with Gasteiger partial charge >= 0.3 is 5.69 Å². The highest BCUT2D eigenvalue weighted by atomic mass is 16.6. The molecule has 0 aromatic heterocycles. The summed E-state index contributed by atoms with van der Waals surface area (Å²) in [5.74, 6) is 2.61. The fourth-order valence-electron chi connectivity index (χ4n) is 1.61. The Morgan fingerprint density at radius 2 is 1.95 bits per heavy atom. The molecular formula is C15H11NO3. The number of nitro groups is 1. The number of rotatable bonds is 4. The van der Waals surface area contributed by atoms with Crippen LogP contribution in [0.5, 0.6) is 5.75 Å². The molecule has 0 radical (unpaired) electrons. The molecule has 94 valence electrons. The Morgan fingerprint density at radius 1 is 1.21 bits per heavy atom. The van der Waals surface area contributed by atoms with Gasteiger partial charge in [0, 0.05) is 17.7 Å². The molecule has 0 aliphatic rings. The van der Waals surface area contributed by atoms with Crippen LogP contribution >= 0.6 is 0 Å². The lowest BCUT2D eigenvalue weighted by atomic mass is 10.2. The van der Waals surface area contributed by atoms with Gasteiger partial charge in [-0.3, -0.25) is 10.1 Å². The Morgan fingerprint density at radius 3 is 2.58 bits per heavy atom. The zero-order valence-corrected chi connectivity index (χ0v) is 10.1. The smallest absolute Gasteiger partial charge is 0.311 e. The maximum atomic E-state index is 10.9. The van der Waals surface area contributed by atoms with Crippen LogP contribution < -0.4 is 4.74 Å². The van der Waals surface area contributed by atoms with Crippen molar-refractivity contribution < 1.29 is 9.66 Å². The molecule has 0 atom stereocenters. The third kappa shape index (κ3) is 3.11. The molecule has 2 aromatic carbocycles. The predicted molar refractivity (Wildman–Crippen MR) is 71.8 cm³/mol. The molecule has 0 saturated heterocycles. The van der Waals surface area contributed by atoms with Gasteiger partial charge in [0.25, 0.3) is 0 Å². The largest absolute Gasteiger partial charge is 0.482 e. The average molecular weight is 253 g/mol. The monoisotopic (exact) mass is 253 g/mol. The van der Waals surface area contributed by atoms with Crippen LogP contribution in [-0.4, -0.2) is 4.92 Å². The van der Waals surface area contributed by atoms with E-state index in [0.29, 0.717) is 5.56 Å². The van der Waals surface area contributed by atoms with E-state index < -0.39 is 4.92 Å². The van der Waals surface area contributed by atoms with Gasteiger partial charge in [-0.2, -0.15) is 0 Å². The van der Waals surface area contributed by atoms with Crippen LogP contribution in [0.15, 0.2) is 48.5 Å². The van der Waals surface area contributed by atoms with E-state index in [4.69, 9.17) is 11.2 Å². The van der Waals surface area contributed by atoms with Crippen molar-refractivity contribution >= 4 is 5.69 Å². The molecule has 4 heteroatoms. The summed E-state index contributed by atoms with van der Waals surface area (Å²) in [5.41, 5.74) is 1.39. The van der Waals surface area contributed by atoms with E-state index in [1.165, 1.54) is 18.2 Å². The van der Waals surface area contributed by atoms with Crippen molar-refractivity contribution in [3.8, 4) is 18.1 Å². The van der Waals surface area contributed by atoms with E-state index in [1.54, 1.807) is 0 Å². The number of hydrogen-bond donors (Lipinski definition) is 0. The summed E-state index contributed by atoms with van der Waals surface area (Å²) in [6.45, 7) is 0.260. The second kappa shape index (κ2) is 5.69. The highest BCUT2D eigenvalue weighted by Crippen LogP contribution is 2.28. The van der Waals surface area contributed by atoms with Gasteiger partial charge in [0.05, 0.1) is 4.92 Å². The van der Waals surface area contributed by atoms with Crippen LogP contribution in [0.1, 0.15) is 11.1 Å². The summed E-state index contributed by atoms with van der Waals surface area (Å²) < 4.78 is 5.49. The summed E-state index contributed by atoms with van der Waals surface area (Å²) in [5, 5.41) is 10.9. The molecule has 2 aromatic rings. The van der Waals surface area contributed by atoms with Crippen LogP contribution in [0.2, 0.25) is 0 Å². The average Bonchev–Trinajstić information content (AvgIpc) is 2.45. The quantitative estimate of drug-likeness (QED) is 0.478. The lowest BCUT2D eigenvalue weighted by Crippen LogP contribution is -1.99. The summed E-state index contributed by atoms with van der Waals surface area (Å²) >= 11 is 0. The molecule has 0 bridgehead atoms. The van der Waals surface area contributed by atoms with Crippen molar-refractivity contribution in [1.82, 2.24) is 0 Å². The lowest BCUT2D eigenvalue weighted by molar-refractivity contribution is -0.385. The Kier molecular flexibility index (Phi) is 3.79. The van der Waals surface area contributed by atoms with Crippen molar-refractivity contribution in [1.29, 1.82) is 0 Å². The highest BCUT2D eigenvalue weighted by Gasteiger charge is 2.15. The minimum Gasteiger partial charge on any atom is -0.482 e. The van der Waals surface area contributed by atoms with Crippen molar-refractivity contribution in [3.63, 3.8) is 0 Å². The number of nitrogens with zero attached hydrogens (tertiary/aromatic N) is 1. The summed E-state index contributed by atoms with van der Waals surface area (Å²) in [6.07, 6.45) is 5.28. The first-order valence-corrected chi connectivity index (χ1v) is 5.62. The molecule has 0 aliphatic carbocycles.